The van der Waals surface area contributed by atoms with Crippen molar-refractivity contribution >= 4 is 28.9 Å². The fourth-order valence-corrected chi connectivity index (χ4v) is 6.81. The van der Waals surface area contributed by atoms with E-state index in [-0.39, 0.29) is 36.1 Å². The molecule has 3 aromatic heterocycles. The van der Waals surface area contributed by atoms with Crippen LogP contribution in [0.3, 0.4) is 0 Å². The number of anilines is 1. The zero-order chi connectivity index (χ0) is 34.4. The monoisotopic (exact) mass is 684 g/mol. The summed E-state index contributed by atoms with van der Waals surface area (Å²) in [5, 5.41) is 9.19. The van der Waals surface area contributed by atoms with E-state index >= 15 is 4.39 Å². The van der Waals surface area contributed by atoms with Gasteiger partial charge in [0.1, 0.15) is 12.4 Å². The van der Waals surface area contributed by atoms with Gasteiger partial charge in [-0.2, -0.15) is 0 Å². The first-order valence-electron chi connectivity index (χ1n) is 17.2. The normalized spacial score (nSPS) is 20.9. The van der Waals surface area contributed by atoms with E-state index < -0.39 is 6.09 Å². The maximum Gasteiger partial charge on any atom is 0.407 e. The molecule has 0 radical (unpaired) electrons. The summed E-state index contributed by atoms with van der Waals surface area (Å²) in [6.07, 6.45) is 6.98. The average Bonchev–Trinajstić information content (AvgIpc) is 3.15. The van der Waals surface area contributed by atoms with Crippen molar-refractivity contribution in [2.75, 3.05) is 31.7 Å². The van der Waals surface area contributed by atoms with Crippen LogP contribution < -0.4 is 25.4 Å². The zero-order valence-corrected chi connectivity index (χ0v) is 27.8. The lowest BCUT2D eigenvalue weighted by molar-refractivity contribution is -0.165. The standard InChI is InChI=1S/C37H41FN6O6/c38-28-21-40-29-9-11-32(47-19-5-4-18-39-35(46)49-22-25-6-2-1-3-7-25)44-33(29)27(28)12-13-37-16-14-36(15-17-37,24-50-37)41-20-26-8-10-30-34(42-26)43-31(45)23-48-30/h1-3,6-11,21,41H,4-5,12-20,22-24H2,(H,39,46)(H,42,43,45). The number of halogens is 1. The lowest BCUT2D eigenvalue weighted by Crippen LogP contribution is -2.61. The molecular weight excluding hydrogens is 643 g/mol. The largest absolute Gasteiger partial charge is 0.480 e. The van der Waals surface area contributed by atoms with E-state index in [1.54, 1.807) is 12.1 Å². The summed E-state index contributed by atoms with van der Waals surface area (Å²) in [5.41, 5.74) is 2.92. The number of ether oxygens (including phenoxy) is 4. The second-order valence-corrected chi connectivity index (χ2v) is 13.2. The Morgan fingerprint density at radius 3 is 2.70 bits per heavy atom. The molecule has 8 rings (SSSR count). The van der Waals surface area contributed by atoms with Crippen LogP contribution in [0.2, 0.25) is 0 Å². The number of unbranched alkanes of at least 4 members (excludes halogenated alkanes) is 1. The average molecular weight is 685 g/mol. The fourth-order valence-electron chi connectivity index (χ4n) is 6.81. The predicted molar refractivity (Wildman–Crippen MR) is 182 cm³/mol. The molecule has 2 bridgehead atoms. The smallest absolute Gasteiger partial charge is 0.407 e. The topological polar surface area (TPSA) is 146 Å². The summed E-state index contributed by atoms with van der Waals surface area (Å²) in [4.78, 5) is 37.1. The van der Waals surface area contributed by atoms with Crippen molar-refractivity contribution in [3.8, 4) is 11.6 Å². The first-order chi connectivity index (χ1) is 24.4. The molecule has 262 valence electrons. The summed E-state index contributed by atoms with van der Waals surface area (Å²) in [6.45, 7) is 2.20. The summed E-state index contributed by atoms with van der Waals surface area (Å²) in [6, 6.07) is 16.8. The number of hydrogen-bond donors (Lipinski definition) is 3. The zero-order valence-electron chi connectivity index (χ0n) is 27.8. The Labute approximate surface area is 289 Å². The van der Waals surface area contributed by atoms with E-state index in [2.05, 4.69) is 30.9 Å². The minimum Gasteiger partial charge on any atom is -0.480 e. The Morgan fingerprint density at radius 2 is 1.88 bits per heavy atom. The highest BCUT2D eigenvalue weighted by atomic mass is 19.1. The third-order valence-corrected chi connectivity index (χ3v) is 9.82. The third-order valence-electron chi connectivity index (χ3n) is 9.82. The summed E-state index contributed by atoms with van der Waals surface area (Å²) in [7, 11) is 0. The molecule has 2 saturated heterocycles. The molecule has 1 aromatic carbocycles. The Bertz CT molecular complexity index is 1820. The molecule has 0 atom stereocenters. The highest BCUT2D eigenvalue weighted by Crippen LogP contribution is 2.46. The molecule has 2 amide bonds. The number of aryl methyl sites for hydroxylation is 1. The number of aromatic nitrogens is 3. The Balaban J connectivity index is 0.874. The molecule has 0 unspecified atom stereocenters. The van der Waals surface area contributed by atoms with E-state index in [1.807, 2.05) is 42.5 Å². The van der Waals surface area contributed by atoms with Crippen LogP contribution in [-0.4, -0.2) is 64.5 Å². The van der Waals surface area contributed by atoms with Gasteiger partial charge in [0.25, 0.3) is 5.91 Å². The van der Waals surface area contributed by atoms with Gasteiger partial charge in [0, 0.05) is 30.3 Å². The van der Waals surface area contributed by atoms with Gasteiger partial charge in [-0.1, -0.05) is 30.3 Å². The second kappa shape index (κ2) is 14.9. The number of alkyl carbamates (subject to hydrolysis) is 1. The Hall–Kier alpha value is -4.88. The number of amides is 2. The molecule has 3 N–H and O–H groups in total. The number of pyridine rings is 3. The van der Waals surface area contributed by atoms with Crippen LogP contribution in [0.4, 0.5) is 15.0 Å². The molecule has 12 nitrogen and oxygen atoms in total. The third kappa shape index (κ3) is 7.95. The number of nitrogens with zero attached hydrogens (tertiary/aromatic N) is 3. The quantitative estimate of drug-likeness (QED) is 0.148. The lowest BCUT2D eigenvalue weighted by atomic mass is 9.69. The van der Waals surface area contributed by atoms with Gasteiger partial charge in [-0.15, -0.1) is 0 Å². The molecule has 4 aliphatic rings. The van der Waals surface area contributed by atoms with E-state index in [0.29, 0.717) is 86.0 Å². The van der Waals surface area contributed by atoms with Crippen LogP contribution in [0.1, 0.15) is 61.8 Å². The van der Waals surface area contributed by atoms with Gasteiger partial charge in [-0.3, -0.25) is 9.78 Å². The molecular formula is C37H41FN6O6. The van der Waals surface area contributed by atoms with Crippen LogP contribution in [0.5, 0.6) is 11.6 Å². The minimum atomic E-state index is -0.455. The van der Waals surface area contributed by atoms with E-state index in [1.165, 1.54) is 6.20 Å². The van der Waals surface area contributed by atoms with Crippen LogP contribution in [0, 0.1) is 5.82 Å². The number of nitrogens with one attached hydrogen (secondary N) is 3. The molecule has 1 saturated carbocycles. The number of carbonyl (C=O) groups is 2. The number of carbonyl (C=O) groups excluding carboxylic acids is 2. The first-order valence-corrected chi connectivity index (χ1v) is 17.2. The molecule has 13 heteroatoms. The van der Waals surface area contributed by atoms with Crippen molar-refractivity contribution in [1.29, 1.82) is 0 Å². The number of benzene rings is 1. The highest BCUT2D eigenvalue weighted by molar-refractivity contribution is 5.94. The molecule has 4 aromatic rings. The summed E-state index contributed by atoms with van der Waals surface area (Å²) < 4.78 is 38.3. The maximum atomic E-state index is 15.2. The number of fused-ring (bicyclic) bond motifs is 5. The molecule has 3 aliphatic heterocycles. The van der Waals surface area contributed by atoms with Gasteiger partial charge in [0.05, 0.1) is 41.7 Å². The molecule has 3 fully saturated rings. The van der Waals surface area contributed by atoms with Gasteiger partial charge >= 0.3 is 6.09 Å². The van der Waals surface area contributed by atoms with Crippen LogP contribution in [-0.2, 0) is 33.8 Å². The minimum absolute atomic E-state index is 0.00219. The van der Waals surface area contributed by atoms with Crippen molar-refractivity contribution in [3.05, 3.63) is 83.4 Å². The maximum absolute atomic E-state index is 15.2. The fraction of sp³-hybridized carbons (Fsp3) is 0.432. The SMILES string of the molecule is O=C1COc2ccc(CNC34CCC(CCc5c(F)cnc6ccc(OCCCCNC(=O)OCc7ccccc7)nc56)(CC3)OC4)nc2N1. The van der Waals surface area contributed by atoms with Crippen molar-refractivity contribution < 1.29 is 32.9 Å². The lowest BCUT2D eigenvalue weighted by Gasteiger charge is -2.53. The molecule has 0 spiro atoms. The van der Waals surface area contributed by atoms with Gasteiger partial charge < -0.3 is 34.9 Å². The van der Waals surface area contributed by atoms with Gasteiger partial charge in [0.15, 0.2) is 18.2 Å². The van der Waals surface area contributed by atoms with E-state index in [9.17, 15) is 9.59 Å². The first kappa shape index (κ1) is 33.6. The van der Waals surface area contributed by atoms with Gasteiger partial charge in [-0.05, 0) is 75.1 Å². The van der Waals surface area contributed by atoms with Crippen LogP contribution in [0.25, 0.3) is 11.0 Å². The van der Waals surface area contributed by atoms with Gasteiger partial charge in [0.2, 0.25) is 5.88 Å². The summed E-state index contributed by atoms with van der Waals surface area (Å²) >= 11 is 0. The number of hydrogen-bond acceptors (Lipinski definition) is 10. The molecule has 50 heavy (non-hydrogen) atoms. The molecule has 1 aliphatic carbocycles. The Morgan fingerprint density at radius 1 is 1.02 bits per heavy atom. The van der Waals surface area contributed by atoms with Gasteiger partial charge in [-0.25, -0.2) is 19.2 Å². The van der Waals surface area contributed by atoms with Crippen molar-refractivity contribution in [2.24, 2.45) is 0 Å². The number of rotatable bonds is 14. The van der Waals surface area contributed by atoms with Crippen molar-refractivity contribution in [1.82, 2.24) is 25.6 Å². The predicted octanol–water partition coefficient (Wildman–Crippen LogP) is 5.38. The molecule has 6 heterocycles. The van der Waals surface area contributed by atoms with Crippen LogP contribution >= 0.6 is 0 Å². The van der Waals surface area contributed by atoms with Crippen LogP contribution in [0.15, 0.2) is 60.8 Å². The van der Waals surface area contributed by atoms with Crippen molar-refractivity contribution in [3.63, 3.8) is 0 Å². The summed E-state index contributed by atoms with van der Waals surface area (Å²) in [5.74, 6) is 0.843. The second-order valence-electron chi connectivity index (χ2n) is 13.2. The van der Waals surface area contributed by atoms with E-state index in [0.717, 1.165) is 36.9 Å². The van der Waals surface area contributed by atoms with E-state index in [4.69, 9.17) is 18.9 Å². The highest BCUT2D eigenvalue weighted by Gasteiger charge is 2.49. The van der Waals surface area contributed by atoms with Crippen molar-refractivity contribution in [2.45, 2.75) is 75.7 Å². The Kier molecular flexibility index (Phi) is 10.0.